The van der Waals surface area contributed by atoms with E-state index < -0.39 is 44.1 Å². The van der Waals surface area contributed by atoms with Gasteiger partial charge in [0.15, 0.2) is 0 Å². The van der Waals surface area contributed by atoms with Gasteiger partial charge in [-0.1, -0.05) is 18.2 Å². The normalized spacial score (nSPS) is 40.4. The van der Waals surface area contributed by atoms with Gasteiger partial charge in [0, 0.05) is 35.1 Å². The SMILES string of the molecule is [2H]C1([2H])N(c2ccccc2B2OC(C)(C)C(C)(C)O2)C([2H])([2H])C([2H])([2H])C1([2H])[2H]. The molecule has 3 nitrogen and oxygen atoms in total. The summed E-state index contributed by atoms with van der Waals surface area (Å²) in [5, 5.41) is 0. The standard InChI is InChI=1S/C16H24BNO2/c1-15(2)16(3,4)20-17(19-15)13-9-5-6-10-14(13)18-11-7-8-12-18/h5-6,9-10H,7-8,11-12H2,1-4H3/i7D2,8D2,11D2,12D2. The first-order valence-corrected chi connectivity index (χ1v) is 6.67. The van der Waals surface area contributed by atoms with Gasteiger partial charge in [0.05, 0.1) is 11.2 Å². The molecule has 0 aliphatic carbocycles. The molecule has 0 saturated carbocycles. The van der Waals surface area contributed by atoms with Gasteiger partial charge in [-0.2, -0.15) is 0 Å². The monoisotopic (exact) mass is 281 g/mol. The molecule has 2 aliphatic heterocycles. The van der Waals surface area contributed by atoms with E-state index in [9.17, 15) is 0 Å². The van der Waals surface area contributed by atoms with Gasteiger partial charge >= 0.3 is 7.12 Å². The average Bonchev–Trinajstić information content (AvgIpc) is 2.77. The van der Waals surface area contributed by atoms with Crippen molar-refractivity contribution in [3.63, 3.8) is 0 Å². The van der Waals surface area contributed by atoms with Crippen molar-refractivity contribution in [3.8, 4) is 0 Å². The van der Waals surface area contributed by atoms with Gasteiger partial charge in [0.1, 0.15) is 0 Å². The van der Waals surface area contributed by atoms with Crippen LogP contribution in [0, 0.1) is 0 Å². The first kappa shape index (κ1) is 7.32. The largest absolute Gasteiger partial charge is 0.496 e. The highest BCUT2D eigenvalue weighted by molar-refractivity contribution is 6.64. The number of hydrogen-bond donors (Lipinski definition) is 0. The van der Waals surface area contributed by atoms with E-state index in [0.717, 1.165) is 0 Å². The van der Waals surface area contributed by atoms with Gasteiger partial charge in [-0.15, -0.1) is 0 Å². The maximum atomic E-state index is 8.27. The third-order valence-electron chi connectivity index (χ3n) is 4.08. The second-order valence-corrected chi connectivity index (χ2v) is 5.96. The fourth-order valence-electron chi connectivity index (χ4n) is 2.18. The topological polar surface area (TPSA) is 21.7 Å². The minimum atomic E-state index is -3.10. The molecule has 108 valence electrons. The van der Waals surface area contributed by atoms with Crippen LogP contribution in [-0.4, -0.2) is 31.3 Å². The van der Waals surface area contributed by atoms with Crippen LogP contribution >= 0.6 is 0 Å². The van der Waals surface area contributed by atoms with Gasteiger partial charge in [-0.25, -0.2) is 0 Å². The third-order valence-corrected chi connectivity index (χ3v) is 4.08. The van der Waals surface area contributed by atoms with Crippen molar-refractivity contribution >= 4 is 18.3 Å². The molecule has 0 amide bonds. The highest BCUT2D eigenvalue weighted by atomic mass is 16.7. The molecule has 2 aliphatic rings. The van der Waals surface area contributed by atoms with Crippen LogP contribution < -0.4 is 10.4 Å². The molecule has 0 atom stereocenters. The second kappa shape index (κ2) is 4.78. The molecule has 2 fully saturated rings. The first-order valence-electron chi connectivity index (χ1n) is 10.7. The molecule has 0 aromatic heterocycles. The fourth-order valence-corrected chi connectivity index (χ4v) is 2.18. The molecule has 1 aromatic rings. The highest BCUT2D eigenvalue weighted by Crippen LogP contribution is 2.37. The van der Waals surface area contributed by atoms with E-state index in [-0.39, 0.29) is 5.69 Å². The Balaban J connectivity index is 2.17. The number of benzene rings is 1. The summed E-state index contributed by atoms with van der Waals surface area (Å²) in [5.74, 6) is 0. The zero-order valence-corrected chi connectivity index (χ0v) is 12.2. The second-order valence-electron chi connectivity index (χ2n) is 5.96. The summed E-state index contributed by atoms with van der Waals surface area (Å²) in [6.07, 6.45) is -6.21. The zero-order valence-electron chi connectivity index (χ0n) is 20.2. The Hall–Kier alpha value is -0.995. The molecule has 0 unspecified atom stereocenters. The molecule has 0 spiro atoms. The lowest BCUT2D eigenvalue weighted by Crippen LogP contribution is -2.41. The summed E-state index contributed by atoms with van der Waals surface area (Å²) in [6.45, 7) is 1.48. The molecule has 4 heteroatoms. The van der Waals surface area contributed by atoms with Crippen molar-refractivity contribution in [2.24, 2.45) is 0 Å². The molecule has 20 heavy (non-hydrogen) atoms. The Kier molecular flexibility index (Phi) is 1.75. The lowest BCUT2D eigenvalue weighted by Gasteiger charge is -2.32. The summed E-state index contributed by atoms with van der Waals surface area (Å²) in [7, 11) is -0.940. The predicted molar refractivity (Wildman–Crippen MR) is 83.6 cm³/mol. The smallest absolute Gasteiger partial charge is 0.399 e. The van der Waals surface area contributed by atoms with Gasteiger partial charge in [0.25, 0.3) is 0 Å². The number of hydrogen-bond acceptors (Lipinski definition) is 3. The van der Waals surface area contributed by atoms with Crippen LogP contribution in [0.1, 0.15) is 51.4 Å². The molecule has 3 rings (SSSR count). The number of nitrogens with zero attached hydrogens (tertiary/aromatic N) is 1. The molecular formula is C16H24BNO2. The predicted octanol–water partition coefficient (Wildman–Crippen LogP) is 2.59. The molecular weight excluding hydrogens is 249 g/mol. The molecule has 0 radical (unpaired) electrons. The van der Waals surface area contributed by atoms with Gasteiger partial charge in [-0.3, -0.25) is 0 Å². The van der Waals surface area contributed by atoms with Crippen LogP contribution in [0.15, 0.2) is 24.3 Å². The van der Waals surface area contributed by atoms with Gasteiger partial charge < -0.3 is 14.2 Å². The lowest BCUT2D eigenvalue weighted by atomic mass is 9.77. The number of anilines is 1. The molecule has 2 saturated heterocycles. The Bertz CT molecular complexity index is 757. The van der Waals surface area contributed by atoms with Crippen LogP contribution in [-0.2, 0) is 9.31 Å². The van der Waals surface area contributed by atoms with E-state index in [2.05, 4.69) is 0 Å². The van der Waals surface area contributed by atoms with Crippen LogP contribution in [0.3, 0.4) is 0 Å². The van der Waals surface area contributed by atoms with E-state index in [0.29, 0.717) is 10.4 Å². The fraction of sp³-hybridized carbons (Fsp3) is 0.625. The van der Waals surface area contributed by atoms with Crippen molar-refractivity contribution in [2.75, 3.05) is 17.9 Å². The first-order chi connectivity index (χ1) is 12.4. The summed E-state index contributed by atoms with van der Waals surface area (Å²) in [4.78, 5) is 0.542. The Morgan fingerprint density at radius 1 is 1.05 bits per heavy atom. The number of para-hydroxylation sites is 1. The van der Waals surface area contributed by atoms with Crippen molar-refractivity contribution in [1.82, 2.24) is 0 Å². The Labute approximate surface area is 133 Å². The quantitative estimate of drug-likeness (QED) is 0.778. The summed E-state index contributed by atoms with van der Waals surface area (Å²) >= 11 is 0. The zero-order chi connectivity index (χ0) is 21.6. The molecule has 1 aromatic carbocycles. The van der Waals surface area contributed by atoms with E-state index in [1.807, 2.05) is 27.7 Å². The van der Waals surface area contributed by atoms with Crippen LogP contribution in [0.25, 0.3) is 0 Å². The molecule has 0 bridgehead atoms. The van der Waals surface area contributed by atoms with E-state index in [4.69, 9.17) is 20.3 Å². The van der Waals surface area contributed by atoms with Gasteiger partial charge in [0.2, 0.25) is 0 Å². The maximum Gasteiger partial charge on any atom is 0.496 e. The summed E-state index contributed by atoms with van der Waals surface area (Å²) < 4.78 is 77.1. The van der Waals surface area contributed by atoms with Crippen molar-refractivity contribution < 1.29 is 20.3 Å². The van der Waals surface area contributed by atoms with E-state index in [1.165, 1.54) is 6.07 Å². The Morgan fingerprint density at radius 3 is 2.20 bits per heavy atom. The summed E-state index contributed by atoms with van der Waals surface area (Å²) in [6, 6.07) is 6.23. The summed E-state index contributed by atoms with van der Waals surface area (Å²) in [5.41, 5.74) is -1.07. The third kappa shape index (κ3) is 2.25. The van der Waals surface area contributed by atoms with Crippen LogP contribution in [0.5, 0.6) is 0 Å². The lowest BCUT2D eigenvalue weighted by molar-refractivity contribution is 0.00578. The van der Waals surface area contributed by atoms with Crippen LogP contribution in [0.2, 0.25) is 0 Å². The van der Waals surface area contributed by atoms with Gasteiger partial charge in [-0.05, 0) is 46.5 Å². The van der Waals surface area contributed by atoms with Crippen molar-refractivity contribution in [2.45, 2.75) is 51.6 Å². The highest BCUT2D eigenvalue weighted by Gasteiger charge is 2.52. The average molecular weight is 281 g/mol. The van der Waals surface area contributed by atoms with Crippen LogP contribution in [0.4, 0.5) is 5.69 Å². The minimum Gasteiger partial charge on any atom is -0.399 e. The minimum absolute atomic E-state index is 0.0127. The molecule has 2 heterocycles. The molecule has 0 N–H and O–H groups in total. The van der Waals surface area contributed by atoms with E-state index in [1.54, 1.807) is 18.2 Å². The van der Waals surface area contributed by atoms with Crippen molar-refractivity contribution in [1.29, 1.82) is 0 Å². The van der Waals surface area contributed by atoms with Crippen molar-refractivity contribution in [3.05, 3.63) is 24.3 Å². The van der Waals surface area contributed by atoms with E-state index >= 15 is 0 Å². The maximum absolute atomic E-state index is 8.27. The number of rotatable bonds is 2. The Morgan fingerprint density at radius 2 is 1.60 bits per heavy atom.